The van der Waals surface area contributed by atoms with Crippen LogP contribution in [0.25, 0.3) is 22.6 Å². The lowest BCUT2D eigenvalue weighted by Gasteiger charge is -2.08. The number of alkyl halides is 3. The van der Waals surface area contributed by atoms with Crippen molar-refractivity contribution in [1.29, 1.82) is 0 Å². The molecule has 0 aliphatic heterocycles. The number of carbonyl (C=O) groups is 1. The Kier molecular flexibility index (Phi) is 4.60. The molecule has 0 aliphatic rings. The van der Waals surface area contributed by atoms with Gasteiger partial charge in [-0.1, -0.05) is 12.1 Å². The number of rotatable bonds is 4. The number of aromatic amines is 1. The fourth-order valence-corrected chi connectivity index (χ4v) is 3.28. The van der Waals surface area contributed by atoms with Crippen LogP contribution >= 0.6 is 11.3 Å². The van der Waals surface area contributed by atoms with Gasteiger partial charge in [-0.05, 0) is 35.9 Å². The molecule has 4 rings (SSSR count). The van der Waals surface area contributed by atoms with E-state index in [0.29, 0.717) is 17.1 Å². The summed E-state index contributed by atoms with van der Waals surface area (Å²) in [6, 6.07) is 9.80. The van der Waals surface area contributed by atoms with Gasteiger partial charge < -0.3 is 10.3 Å². The molecule has 0 saturated carbocycles. The number of amides is 1. The summed E-state index contributed by atoms with van der Waals surface area (Å²) < 4.78 is 37.8. The fourth-order valence-electron chi connectivity index (χ4n) is 2.74. The van der Waals surface area contributed by atoms with Crippen LogP contribution in [0.1, 0.15) is 11.1 Å². The number of H-pyrrole nitrogens is 1. The minimum atomic E-state index is -4.39. The van der Waals surface area contributed by atoms with Crippen molar-refractivity contribution in [3.05, 3.63) is 64.5 Å². The van der Waals surface area contributed by atoms with E-state index in [0.717, 1.165) is 28.9 Å². The number of hydrogen-bond acceptors (Lipinski definition) is 4. The Labute approximate surface area is 161 Å². The maximum Gasteiger partial charge on any atom is 0.416 e. The van der Waals surface area contributed by atoms with Gasteiger partial charge in [-0.25, -0.2) is 9.97 Å². The first kappa shape index (κ1) is 18.2. The van der Waals surface area contributed by atoms with E-state index >= 15 is 0 Å². The number of thiazole rings is 1. The Morgan fingerprint density at radius 2 is 1.93 bits per heavy atom. The van der Waals surface area contributed by atoms with E-state index in [1.165, 1.54) is 23.5 Å². The molecule has 2 N–H and O–H groups in total. The fraction of sp³-hybridized carbons (Fsp3) is 0.105. The molecule has 0 unspecified atom stereocenters. The summed E-state index contributed by atoms with van der Waals surface area (Å²) in [5.41, 5.74) is 4.28. The number of aromatic nitrogens is 3. The molecule has 0 saturated heterocycles. The molecule has 0 radical (unpaired) electrons. The van der Waals surface area contributed by atoms with Gasteiger partial charge in [0.05, 0.1) is 28.5 Å². The predicted molar refractivity (Wildman–Crippen MR) is 101 cm³/mol. The average Bonchev–Trinajstić information content (AvgIpc) is 3.30. The molecular formula is C19H13F3N4OS. The topological polar surface area (TPSA) is 70.7 Å². The second-order valence-electron chi connectivity index (χ2n) is 6.11. The molecule has 4 aromatic rings. The lowest BCUT2D eigenvalue weighted by Crippen LogP contribution is -2.14. The first-order valence-electron chi connectivity index (χ1n) is 8.23. The monoisotopic (exact) mass is 402 g/mol. The van der Waals surface area contributed by atoms with Crippen molar-refractivity contribution in [2.24, 2.45) is 0 Å². The molecule has 142 valence electrons. The molecule has 2 aromatic heterocycles. The highest BCUT2D eigenvalue weighted by atomic mass is 32.1. The Morgan fingerprint density at radius 3 is 2.61 bits per heavy atom. The van der Waals surface area contributed by atoms with Crippen molar-refractivity contribution in [1.82, 2.24) is 15.0 Å². The summed E-state index contributed by atoms with van der Waals surface area (Å²) in [7, 11) is 0. The third kappa shape index (κ3) is 3.89. The third-order valence-electron chi connectivity index (χ3n) is 4.09. The molecule has 2 heterocycles. The Hall–Kier alpha value is -3.20. The van der Waals surface area contributed by atoms with Gasteiger partial charge in [0.15, 0.2) is 5.82 Å². The van der Waals surface area contributed by atoms with E-state index < -0.39 is 11.7 Å². The lowest BCUT2D eigenvalue weighted by atomic mass is 10.1. The van der Waals surface area contributed by atoms with Gasteiger partial charge in [0.1, 0.15) is 5.69 Å². The van der Waals surface area contributed by atoms with E-state index in [9.17, 15) is 18.0 Å². The maximum absolute atomic E-state index is 12.6. The summed E-state index contributed by atoms with van der Waals surface area (Å²) in [4.78, 5) is 24.0. The molecule has 5 nitrogen and oxygen atoms in total. The molecule has 0 spiro atoms. The standard InChI is InChI=1S/C19H13F3N4OS/c20-19(21,22)12-3-1-11(2-4-12)7-17(27)24-13-5-6-14-15(8-13)26-18(25-14)16-9-28-10-23-16/h1-6,8-10H,7H2,(H,24,27)(H,25,26). The molecule has 1 amide bonds. The average molecular weight is 402 g/mol. The minimum absolute atomic E-state index is 0.0246. The quantitative estimate of drug-likeness (QED) is 0.511. The van der Waals surface area contributed by atoms with Crippen LogP contribution in [0, 0.1) is 0 Å². The molecule has 0 aliphatic carbocycles. The highest BCUT2D eigenvalue weighted by Gasteiger charge is 2.29. The van der Waals surface area contributed by atoms with E-state index in [1.54, 1.807) is 23.7 Å². The van der Waals surface area contributed by atoms with E-state index in [-0.39, 0.29) is 12.3 Å². The zero-order chi connectivity index (χ0) is 19.7. The summed E-state index contributed by atoms with van der Waals surface area (Å²) >= 11 is 1.47. The molecule has 9 heteroatoms. The van der Waals surface area contributed by atoms with Crippen molar-refractivity contribution in [3.63, 3.8) is 0 Å². The number of carbonyl (C=O) groups excluding carboxylic acids is 1. The maximum atomic E-state index is 12.6. The van der Waals surface area contributed by atoms with Crippen molar-refractivity contribution >= 4 is 34.0 Å². The summed E-state index contributed by atoms with van der Waals surface area (Å²) in [5, 5.41) is 4.63. The van der Waals surface area contributed by atoms with Crippen LogP contribution in [-0.2, 0) is 17.4 Å². The molecule has 0 bridgehead atoms. The number of halogens is 3. The molecule has 0 atom stereocenters. The van der Waals surface area contributed by atoms with Gasteiger partial charge in [-0.2, -0.15) is 13.2 Å². The number of hydrogen-bond donors (Lipinski definition) is 2. The van der Waals surface area contributed by atoms with Gasteiger partial charge in [0, 0.05) is 11.1 Å². The number of nitrogens with zero attached hydrogens (tertiary/aromatic N) is 2. The zero-order valence-corrected chi connectivity index (χ0v) is 15.1. The van der Waals surface area contributed by atoms with Crippen LogP contribution in [0.3, 0.4) is 0 Å². The normalized spacial score (nSPS) is 11.7. The second kappa shape index (κ2) is 7.08. The number of imidazole rings is 1. The first-order valence-corrected chi connectivity index (χ1v) is 9.17. The van der Waals surface area contributed by atoms with Gasteiger partial charge in [0.25, 0.3) is 0 Å². The van der Waals surface area contributed by atoms with Crippen LogP contribution in [0.4, 0.5) is 18.9 Å². The van der Waals surface area contributed by atoms with E-state index in [1.807, 2.05) is 5.38 Å². The van der Waals surface area contributed by atoms with Gasteiger partial charge in [0.2, 0.25) is 5.91 Å². The van der Waals surface area contributed by atoms with Gasteiger partial charge in [-0.15, -0.1) is 11.3 Å². The van der Waals surface area contributed by atoms with E-state index in [4.69, 9.17) is 0 Å². The SMILES string of the molecule is O=C(Cc1ccc(C(F)(F)F)cc1)Nc1ccc2nc(-c3cscn3)[nH]c2c1. The Balaban J connectivity index is 1.46. The summed E-state index contributed by atoms with van der Waals surface area (Å²) in [6.45, 7) is 0. The van der Waals surface area contributed by atoms with Crippen LogP contribution in [0.15, 0.2) is 53.4 Å². The summed E-state index contributed by atoms with van der Waals surface area (Å²) in [5.74, 6) is 0.322. The zero-order valence-electron chi connectivity index (χ0n) is 14.2. The molecule has 0 fully saturated rings. The van der Waals surface area contributed by atoms with Gasteiger partial charge in [-0.3, -0.25) is 4.79 Å². The van der Waals surface area contributed by atoms with Crippen molar-refractivity contribution in [2.45, 2.75) is 12.6 Å². The van der Waals surface area contributed by atoms with Crippen molar-refractivity contribution in [2.75, 3.05) is 5.32 Å². The van der Waals surface area contributed by atoms with Crippen LogP contribution in [0.5, 0.6) is 0 Å². The van der Waals surface area contributed by atoms with Gasteiger partial charge >= 0.3 is 6.18 Å². The minimum Gasteiger partial charge on any atom is -0.337 e. The molecule has 2 aromatic carbocycles. The van der Waals surface area contributed by atoms with Crippen LogP contribution in [0.2, 0.25) is 0 Å². The highest BCUT2D eigenvalue weighted by molar-refractivity contribution is 7.07. The molecule has 28 heavy (non-hydrogen) atoms. The lowest BCUT2D eigenvalue weighted by molar-refractivity contribution is -0.137. The Morgan fingerprint density at radius 1 is 1.14 bits per heavy atom. The molecular weight excluding hydrogens is 389 g/mol. The van der Waals surface area contributed by atoms with Crippen LogP contribution < -0.4 is 5.32 Å². The largest absolute Gasteiger partial charge is 0.416 e. The van der Waals surface area contributed by atoms with Crippen molar-refractivity contribution in [3.8, 4) is 11.5 Å². The number of fused-ring (bicyclic) bond motifs is 1. The second-order valence-corrected chi connectivity index (χ2v) is 6.83. The summed E-state index contributed by atoms with van der Waals surface area (Å²) in [6.07, 6.45) is -4.42. The first-order chi connectivity index (χ1) is 13.4. The third-order valence-corrected chi connectivity index (χ3v) is 4.67. The predicted octanol–water partition coefficient (Wildman–Crippen LogP) is 4.89. The number of benzene rings is 2. The Bertz CT molecular complexity index is 1120. The highest BCUT2D eigenvalue weighted by Crippen LogP contribution is 2.29. The smallest absolute Gasteiger partial charge is 0.337 e. The number of anilines is 1. The van der Waals surface area contributed by atoms with Crippen molar-refractivity contribution < 1.29 is 18.0 Å². The number of nitrogens with one attached hydrogen (secondary N) is 2. The van der Waals surface area contributed by atoms with E-state index in [2.05, 4.69) is 20.3 Å². The van der Waals surface area contributed by atoms with Crippen LogP contribution in [-0.4, -0.2) is 20.9 Å².